The van der Waals surface area contributed by atoms with Gasteiger partial charge < -0.3 is 10.2 Å². The lowest BCUT2D eigenvalue weighted by Gasteiger charge is -2.38. The van der Waals surface area contributed by atoms with Gasteiger partial charge in [0.05, 0.1) is 11.3 Å². The van der Waals surface area contributed by atoms with E-state index < -0.39 is 0 Å². The Bertz CT molecular complexity index is 487. The van der Waals surface area contributed by atoms with Gasteiger partial charge in [-0.05, 0) is 45.4 Å². The van der Waals surface area contributed by atoms with Crippen molar-refractivity contribution in [1.82, 2.24) is 15.2 Å². The Labute approximate surface area is 121 Å². The molecule has 4 nitrogen and oxygen atoms in total. The molecule has 1 N–H and O–H groups in total. The van der Waals surface area contributed by atoms with Gasteiger partial charge >= 0.3 is 0 Å². The second-order valence-corrected chi connectivity index (χ2v) is 5.69. The molecule has 110 valence electrons. The van der Waals surface area contributed by atoms with Gasteiger partial charge in [-0.25, -0.2) is 0 Å². The number of aromatic nitrogens is 1. The van der Waals surface area contributed by atoms with Gasteiger partial charge in [-0.1, -0.05) is 13.3 Å². The standard InChI is InChI=1S/C16H25N3O/c1-5-13-10-19(9-8-15(13)17-4)16(20)14-7-6-11(2)18-12(14)3/h6-7,13,15,17H,5,8-10H2,1-4H3. The van der Waals surface area contributed by atoms with Gasteiger partial charge in [0.2, 0.25) is 0 Å². The molecule has 1 saturated heterocycles. The monoisotopic (exact) mass is 275 g/mol. The molecule has 2 atom stereocenters. The van der Waals surface area contributed by atoms with E-state index in [9.17, 15) is 4.79 Å². The molecule has 20 heavy (non-hydrogen) atoms. The van der Waals surface area contributed by atoms with Gasteiger partial charge in [-0.2, -0.15) is 0 Å². The minimum atomic E-state index is 0.128. The van der Waals surface area contributed by atoms with Crippen molar-refractivity contribution in [3.8, 4) is 0 Å². The molecule has 0 aliphatic carbocycles. The van der Waals surface area contributed by atoms with E-state index in [1.165, 1.54) is 0 Å². The Morgan fingerprint density at radius 2 is 2.20 bits per heavy atom. The number of pyridine rings is 1. The Balaban J connectivity index is 2.13. The second-order valence-electron chi connectivity index (χ2n) is 5.69. The number of rotatable bonds is 3. The Kier molecular flexibility index (Phi) is 4.76. The summed E-state index contributed by atoms with van der Waals surface area (Å²) in [6.07, 6.45) is 2.12. The van der Waals surface area contributed by atoms with Crippen LogP contribution in [0.5, 0.6) is 0 Å². The lowest BCUT2D eigenvalue weighted by atomic mass is 9.89. The van der Waals surface area contributed by atoms with E-state index in [2.05, 4.69) is 17.2 Å². The van der Waals surface area contributed by atoms with Crippen LogP contribution >= 0.6 is 0 Å². The van der Waals surface area contributed by atoms with Crippen molar-refractivity contribution in [3.63, 3.8) is 0 Å². The molecule has 2 heterocycles. The summed E-state index contributed by atoms with van der Waals surface area (Å²) in [7, 11) is 2.01. The largest absolute Gasteiger partial charge is 0.338 e. The number of nitrogens with one attached hydrogen (secondary N) is 1. The number of nitrogens with zero attached hydrogens (tertiary/aromatic N) is 2. The summed E-state index contributed by atoms with van der Waals surface area (Å²) in [5.41, 5.74) is 2.53. The van der Waals surface area contributed by atoms with Crippen molar-refractivity contribution < 1.29 is 4.79 Å². The van der Waals surface area contributed by atoms with Crippen LogP contribution in [0.2, 0.25) is 0 Å². The normalized spacial score (nSPS) is 22.9. The van der Waals surface area contributed by atoms with E-state index in [1.807, 2.05) is 37.9 Å². The third kappa shape index (κ3) is 3.01. The zero-order chi connectivity index (χ0) is 14.7. The van der Waals surface area contributed by atoms with Crippen LogP contribution in [-0.4, -0.2) is 42.0 Å². The lowest BCUT2D eigenvalue weighted by Crippen LogP contribution is -2.50. The van der Waals surface area contributed by atoms with Crippen molar-refractivity contribution in [2.24, 2.45) is 5.92 Å². The van der Waals surface area contributed by atoms with E-state index in [0.29, 0.717) is 12.0 Å². The summed E-state index contributed by atoms with van der Waals surface area (Å²) in [5, 5.41) is 3.37. The minimum Gasteiger partial charge on any atom is -0.338 e. The maximum absolute atomic E-state index is 12.7. The van der Waals surface area contributed by atoms with Crippen molar-refractivity contribution in [3.05, 3.63) is 29.1 Å². The molecule has 0 saturated carbocycles. The smallest absolute Gasteiger partial charge is 0.255 e. The Morgan fingerprint density at radius 1 is 1.45 bits per heavy atom. The van der Waals surface area contributed by atoms with Crippen LogP contribution in [0.15, 0.2) is 12.1 Å². The first-order valence-corrected chi connectivity index (χ1v) is 7.47. The van der Waals surface area contributed by atoms with Crippen molar-refractivity contribution in [2.45, 2.75) is 39.7 Å². The molecule has 2 rings (SSSR count). The first-order valence-electron chi connectivity index (χ1n) is 7.47. The lowest BCUT2D eigenvalue weighted by molar-refractivity contribution is 0.0630. The van der Waals surface area contributed by atoms with Crippen LogP contribution in [0.3, 0.4) is 0 Å². The summed E-state index contributed by atoms with van der Waals surface area (Å²) >= 11 is 0. The number of piperidine rings is 1. The first-order chi connectivity index (χ1) is 9.56. The first kappa shape index (κ1) is 15.0. The van der Waals surface area contributed by atoms with Gasteiger partial charge in [0.1, 0.15) is 0 Å². The zero-order valence-corrected chi connectivity index (χ0v) is 12.9. The third-order valence-corrected chi connectivity index (χ3v) is 4.37. The topological polar surface area (TPSA) is 45.2 Å². The van der Waals surface area contributed by atoms with Gasteiger partial charge in [0.25, 0.3) is 5.91 Å². The van der Waals surface area contributed by atoms with Crippen molar-refractivity contribution >= 4 is 5.91 Å². The summed E-state index contributed by atoms with van der Waals surface area (Å²) < 4.78 is 0. The van der Waals surface area contributed by atoms with Crippen LogP contribution in [0, 0.1) is 19.8 Å². The van der Waals surface area contributed by atoms with Crippen LogP contribution in [-0.2, 0) is 0 Å². The van der Waals surface area contributed by atoms with Gasteiger partial charge in [0, 0.05) is 24.8 Å². The average molecular weight is 275 g/mol. The molecule has 0 spiro atoms. The SMILES string of the molecule is CCC1CN(C(=O)c2ccc(C)nc2C)CCC1NC. The number of likely N-dealkylation sites (tertiary alicyclic amines) is 1. The Morgan fingerprint density at radius 3 is 2.80 bits per heavy atom. The molecule has 2 unspecified atom stereocenters. The van der Waals surface area contributed by atoms with Crippen molar-refractivity contribution in [1.29, 1.82) is 0 Å². The maximum atomic E-state index is 12.7. The molecule has 4 heteroatoms. The Hall–Kier alpha value is -1.42. The van der Waals surface area contributed by atoms with E-state index in [4.69, 9.17) is 0 Å². The minimum absolute atomic E-state index is 0.128. The van der Waals surface area contributed by atoms with Crippen LogP contribution in [0.25, 0.3) is 0 Å². The molecule has 1 amide bonds. The van der Waals surface area contributed by atoms with E-state index in [1.54, 1.807) is 0 Å². The highest BCUT2D eigenvalue weighted by Crippen LogP contribution is 2.22. The molecule has 1 fully saturated rings. The molecule has 1 aliphatic rings. The molecule has 1 aromatic heterocycles. The fourth-order valence-corrected chi connectivity index (χ4v) is 3.09. The highest BCUT2D eigenvalue weighted by Gasteiger charge is 2.30. The van der Waals surface area contributed by atoms with Crippen molar-refractivity contribution in [2.75, 3.05) is 20.1 Å². The number of hydrogen-bond donors (Lipinski definition) is 1. The van der Waals surface area contributed by atoms with E-state index in [-0.39, 0.29) is 5.91 Å². The summed E-state index contributed by atoms with van der Waals surface area (Å²) in [6.45, 7) is 7.73. The predicted octanol–water partition coefficient (Wildman–Crippen LogP) is 2.16. The maximum Gasteiger partial charge on any atom is 0.255 e. The van der Waals surface area contributed by atoms with Gasteiger partial charge in [-0.15, -0.1) is 0 Å². The molecule has 1 aliphatic heterocycles. The van der Waals surface area contributed by atoms with Crippen LogP contribution in [0.1, 0.15) is 41.5 Å². The number of amides is 1. The molecule has 0 bridgehead atoms. The molecule has 1 aromatic rings. The van der Waals surface area contributed by atoms with E-state index >= 15 is 0 Å². The van der Waals surface area contributed by atoms with Gasteiger partial charge in [-0.3, -0.25) is 9.78 Å². The number of carbonyl (C=O) groups is 1. The fraction of sp³-hybridized carbons (Fsp3) is 0.625. The van der Waals surface area contributed by atoms with Gasteiger partial charge in [0.15, 0.2) is 0 Å². The molecular weight excluding hydrogens is 250 g/mol. The fourth-order valence-electron chi connectivity index (χ4n) is 3.09. The average Bonchev–Trinajstić information content (AvgIpc) is 2.45. The van der Waals surface area contributed by atoms with Crippen LogP contribution in [0.4, 0.5) is 0 Å². The predicted molar refractivity (Wildman–Crippen MR) is 80.9 cm³/mol. The highest BCUT2D eigenvalue weighted by atomic mass is 16.2. The van der Waals surface area contributed by atoms with Crippen LogP contribution < -0.4 is 5.32 Å². The quantitative estimate of drug-likeness (QED) is 0.919. The summed E-state index contributed by atoms with van der Waals surface area (Å²) in [4.78, 5) is 19.0. The molecule has 0 aromatic carbocycles. The molecular formula is C16H25N3O. The highest BCUT2D eigenvalue weighted by molar-refractivity contribution is 5.95. The second kappa shape index (κ2) is 6.35. The summed E-state index contributed by atoms with van der Waals surface area (Å²) in [5.74, 6) is 0.666. The number of carbonyl (C=O) groups excluding carboxylic acids is 1. The van der Waals surface area contributed by atoms with E-state index in [0.717, 1.165) is 42.9 Å². The summed E-state index contributed by atoms with van der Waals surface area (Å²) in [6, 6.07) is 4.35. The molecule has 0 radical (unpaired) electrons. The third-order valence-electron chi connectivity index (χ3n) is 4.37. The number of hydrogen-bond acceptors (Lipinski definition) is 3. The number of aryl methyl sites for hydroxylation is 2. The zero-order valence-electron chi connectivity index (χ0n) is 12.9.